The molecule has 6 aromatic rings. The molecule has 6 aromatic carbocycles. The first-order valence-electron chi connectivity index (χ1n) is 19.1. The molecule has 1 heterocycles. The van der Waals surface area contributed by atoms with Crippen molar-refractivity contribution in [3.05, 3.63) is 246 Å². The smallest absolute Gasteiger partial charge is 0.0677 e. The summed E-state index contributed by atoms with van der Waals surface area (Å²) in [5.41, 5.74) is 19.8. The highest BCUT2D eigenvalue weighted by molar-refractivity contribution is 5.88. The SMILES string of the molecule is NC(/C=C(\N=CCc1ccccc1)c1ccc(-c2ccccc2)cc1)C1=CC=CC(C2C(c3ccccc3)=CC(c3ccccc3)=CC2c2ccccc2)N1. The Hall–Kier alpha value is -6.55. The number of hydrogen-bond acceptors (Lipinski definition) is 3. The van der Waals surface area contributed by atoms with Crippen LogP contribution in [0.2, 0.25) is 0 Å². The molecule has 0 saturated heterocycles. The fraction of sp³-hybridized carbons (Fsp3) is 0.0962. The maximum absolute atomic E-state index is 7.13. The standard InChI is InChI=1S/C52H45N3/c53-48(37-51(54-34-33-38-17-6-1-7-18-38)44-31-29-41(30-32-44)39-19-8-2-9-20-39)49-27-16-28-50(55-49)52-46(42-23-12-4-13-24-42)35-45(40-21-10-3-11-22-40)36-47(52)43-25-14-5-15-26-43/h1-32,34-37,46,48,50,52,55H,33,53H2/b51-37-,54-34?. The molecule has 3 nitrogen and oxygen atoms in total. The molecule has 2 aliphatic rings. The van der Waals surface area contributed by atoms with E-state index in [9.17, 15) is 0 Å². The van der Waals surface area contributed by atoms with Crippen molar-refractivity contribution in [1.82, 2.24) is 5.32 Å². The molecule has 3 heteroatoms. The van der Waals surface area contributed by atoms with Gasteiger partial charge in [-0.05, 0) is 62.2 Å². The second kappa shape index (κ2) is 17.1. The zero-order valence-electron chi connectivity index (χ0n) is 30.8. The van der Waals surface area contributed by atoms with Gasteiger partial charge in [0.05, 0.1) is 17.8 Å². The summed E-state index contributed by atoms with van der Waals surface area (Å²) in [6.45, 7) is 0. The van der Waals surface area contributed by atoms with Crippen LogP contribution in [0.15, 0.2) is 223 Å². The number of hydrogen-bond donors (Lipinski definition) is 2. The quantitative estimate of drug-likeness (QED) is 0.131. The highest BCUT2D eigenvalue weighted by Gasteiger charge is 2.36. The minimum Gasteiger partial charge on any atom is -0.380 e. The van der Waals surface area contributed by atoms with Crippen LogP contribution in [0.4, 0.5) is 0 Å². The summed E-state index contributed by atoms with van der Waals surface area (Å²) in [4.78, 5) is 5.04. The Kier molecular flexibility index (Phi) is 11.0. The molecule has 4 atom stereocenters. The highest BCUT2D eigenvalue weighted by Crippen LogP contribution is 2.46. The van der Waals surface area contributed by atoms with E-state index in [1.807, 2.05) is 18.3 Å². The summed E-state index contributed by atoms with van der Waals surface area (Å²) in [6, 6.07) is 61.5. The van der Waals surface area contributed by atoms with Crippen LogP contribution in [-0.2, 0) is 6.42 Å². The minimum absolute atomic E-state index is 0.0140. The molecule has 0 saturated carbocycles. The van der Waals surface area contributed by atoms with E-state index in [2.05, 4.69) is 206 Å². The summed E-state index contributed by atoms with van der Waals surface area (Å²) in [5.74, 6) is 0.216. The zero-order chi connectivity index (χ0) is 37.2. The van der Waals surface area contributed by atoms with Gasteiger partial charge in [-0.15, -0.1) is 0 Å². The van der Waals surface area contributed by atoms with Crippen molar-refractivity contribution >= 4 is 23.1 Å². The lowest BCUT2D eigenvalue weighted by atomic mass is 9.69. The zero-order valence-corrected chi connectivity index (χ0v) is 30.8. The Balaban J connectivity index is 1.13. The second-order valence-electron chi connectivity index (χ2n) is 14.1. The maximum atomic E-state index is 7.13. The Bertz CT molecular complexity index is 2350. The van der Waals surface area contributed by atoms with E-state index < -0.39 is 6.04 Å². The number of nitrogens with two attached hydrogens (primary N) is 1. The number of nitrogens with zero attached hydrogens (tertiary/aromatic N) is 1. The number of dihydropyridines is 1. The van der Waals surface area contributed by atoms with Crippen molar-refractivity contribution in [2.45, 2.75) is 24.4 Å². The molecule has 1 aliphatic heterocycles. The molecule has 4 unspecified atom stereocenters. The summed E-state index contributed by atoms with van der Waals surface area (Å²) in [5, 5.41) is 3.93. The molecule has 8 rings (SSSR count). The van der Waals surface area contributed by atoms with Crippen LogP contribution >= 0.6 is 0 Å². The molecule has 0 bridgehead atoms. The number of benzene rings is 6. The predicted molar refractivity (Wildman–Crippen MR) is 232 cm³/mol. The molecule has 0 radical (unpaired) electrons. The van der Waals surface area contributed by atoms with Crippen molar-refractivity contribution in [2.24, 2.45) is 16.6 Å². The second-order valence-corrected chi connectivity index (χ2v) is 14.1. The first-order valence-corrected chi connectivity index (χ1v) is 19.1. The Morgan fingerprint density at radius 3 is 1.85 bits per heavy atom. The van der Waals surface area contributed by atoms with Gasteiger partial charge in [-0.2, -0.15) is 0 Å². The van der Waals surface area contributed by atoms with Gasteiger partial charge < -0.3 is 11.1 Å². The third-order valence-electron chi connectivity index (χ3n) is 10.5. The van der Waals surface area contributed by atoms with Gasteiger partial charge in [0.15, 0.2) is 0 Å². The van der Waals surface area contributed by atoms with Crippen molar-refractivity contribution < 1.29 is 0 Å². The van der Waals surface area contributed by atoms with Gasteiger partial charge in [-0.25, -0.2) is 0 Å². The lowest BCUT2D eigenvalue weighted by Gasteiger charge is -2.39. The predicted octanol–water partition coefficient (Wildman–Crippen LogP) is 11.3. The number of rotatable bonds is 11. The van der Waals surface area contributed by atoms with Crippen LogP contribution in [0.25, 0.3) is 28.0 Å². The molecule has 3 N–H and O–H groups in total. The van der Waals surface area contributed by atoms with Crippen LogP contribution in [-0.4, -0.2) is 18.3 Å². The van der Waals surface area contributed by atoms with Crippen LogP contribution in [0, 0.1) is 5.92 Å². The molecule has 0 amide bonds. The number of allylic oxidation sites excluding steroid dienone is 5. The lowest BCUT2D eigenvalue weighted by molar-refractivity contribution is 0.469. The average Bonchev–Trinajstić information content (AvgIpc) is 3.27. The maximum Gasteiger partial charge on any atom is 0.0677 e. The topological polar surface area (TPSA) is 50.4 Å². The largest absolute Gasteiger partial charge is 0.380 e. The summed E-state index contributed by atoms with van der Waals surface area (Å²) in [7, 11) is 0. The van der Waals surface area contributed by atoms with Crippen LogP contribution in [0.5, 0.6) is 0 Å². The molecular formula is C52H45N3. The van der Waals surface area contributed by atoms with Gasteiger partial charge in [-0.3, -0.25) is 4.99 Å². The van der Waals surface area contributed by atoms with E-state index in [-0.39, 0.29) is 17.9 Å². The summed E-state index contributed by atoms with van der Waals surface area (Å²) < 4.78 is 0. The van der Waals surface area contributed by atoms with Crippen molar-refractivity contribution in [3.63, 3.8) is 0 Å². The average molecular weight is 712 g/mol. The molecule has 1 aliphatic carbocycles. The van der Waals surface area contributed by atoms with Gasteiger partial charge in [-0.1, -0.05) is 200 Å². The van der Waals surface area contributed by atoms with Crippen LogP contribution in [0.3, 0.4) is 0 Å². The van der Waals surface area contributed by atoms with E-state index in [1.165, 1.54) is 39.0 Å². The van der Waals surface area contributed by atoms with Crippen molar-refractivity contribution in [1.29, 1.82) is 0 Å². The number of nitrogens with one attached hydrogen (secondary N) is 1. The van der Waals surface area contributed by atoms with E-state index >= 15 is 0 Å². The fourth-order valence-electron chi connectivity index (χ4n) is 7.70. The summed E-state index contributed by atoms with van der Waals surface area (Å²) in [6.07, 6.45) is 16.2. The Labute approximate surface area is 325 Å². The molecule has 268 valence electrons. The van der Waals surface area contributed by atoms with E-state index in [0.29, 0.717) is 0 Å². The molecule has 0 spiro atoms. The minimum atomic E-state index is -0.413. The Morgan fingerprint density at radius 2 is 1.20 bits per heavy atom. The third-order valence-corrected chi connectivity index (χ3v) is 10.5. The molecule has 0 aromatic heterocycles. The van der Waals surface area contributed by atoms with E-state index in [1.54, 1.807) is 0 Å². The van der Waals surface area contributed by atoms with Gasteiger partial charge in [0.2, 0.25) is 0 Å². The monoisotopic (exact) mass is 711 g/mol. The highest BCUT2D eigenvalue weighted by atomic mass is 15.0. The molecule has 0 fully saturated rings. The Morgan fingerprint density at radius 1 is 0.636 bits per heavy atom. The van der Waals surface area contributed by atoms with Gasteiger partial charge >= 0.3 is 0 Å². The third kappa shape index (κ3) is 8.49. The normalized spacial score (nSPS) is 18.9. The van der Waals surface area contributed by atoms with Crippen LogP contribution < -0.4 is 11.1 Å². The van der Waals surface area contributed by atoms with E-state index in [0.717, 1.165) is 28.9 Å². The first kappa shape index (κ1) is 35.5. The van der Waals surface area contributed by atoms with Crippen molar-refractivity contribution in [3.8, 4) is 11.1 Å². The van der Waals surface area contributed by atoms with Crippen LogP contribution in [0.1, 0.15) is 33.7 Å². The van der Waals surface area contributed by atoms with Crippen molar-refractivity contribution in [2.75, 3.05) is 0 Å². The number of aliphatic imine (C=N–C) groups is 1. The molecular weight excluding hydrogens is 667 g/mol. The summed E-state index contributed by atoms with van der Waals surface area (Å²) >= 11 is 0. The van der Waals surface area contributed by atoms with Gasteiger partial charge in [0, 0.05) is 30.2 Å². The van der Waals surface area contributed by atoms with Gasteiger partial charge in [0.25, 0.3) is 0 Å². The molecule has 55 heavy (non-hydrogen) atoms. The van der Waals surface area contributed by atoms with E-state index in [4.69, 9.17) is 10.7 Å². The lowest BCUT2D eigenvalue weighted by Crippen LogP contribution is -2.43. The first-order chi connectivity index (χ1) is 27.2. The van der Waals surface area contributed by atoms with Gasteiger partial charge in [0.1, 0.15) is 0 Å². The fourth-order valence-corrected chi connectivity index (χ4v) is 7.70.